The van der Waals surface area contributed by atoms with Gasteiger partial charge in [-0.3, -0.25) is 4.79 Å². The zero-order valence-electron chi connectivity index (χ0n) is 18.4. The number of rotatable bonds is 4. The van der Waals surface area contributed by atoms with Crippen molar-refractivity contribution in [2.45, 2.75) is 84.5 Å². The molecule has 1 saturated carbocycles. The second-order valence-corrected chi connectivity index (χ2v) is 9.66. The number of carbonyl (C=O) groups excluding carboxylic acids is 1. The van der Waals surface area contributed by atoms with Gasteiger partial charge >= 0.3 is 0 Å². The molecule has 0 bridgehead atoms. The summed E-state index contributed by atoms with van der Waals surface area (Å²) in [5.41, 5.74) is 3.69. The van der Waals surface area contributed by atoms with Crippen LogP contribution in [0.4, 0.5) is 0 Å². The Morgan fingerprint density at radius 2 is 1.76 bits per heavy atom. The van der Waals surface area contributed by atoms with Gasteiger partial charge in [-0.25, -0.2) is 9.50 Å². The molecule has 158 valence electrons. The van der Waals surface area contributed by atoms with Crippen LogP contribution in [0.3, 0.4) is 0 Å². The molecular formula is C24H36N4O. The average molecular weight is 397 g/mol. The average Bonchev–Trinajstić information content (AvgIpc) is 2.94. The smallest absolute Gasteiger partial charge is 0.274 e. The minimum atomic E-state index is 0.0647. The lowest BCUT2D eigenvalue weighted by atomic mass is 9.81. The van der Waals surface area contributed by atoms with Crippen LogP contribution in [0.15, 0.2) is 12.1 Å². The van der Waals surface area contributed by atoms with Gasteiger partial charge in [0.25, 0.3) is 5.91 Å². The van der Waals surface area contributed by atoms with Gasteiger partial charge in [-0.15, -0.1) is 0 Å². The van der Waals surface area contributed by atoms with Crippen molar-refractivity contribution in [1.82, 2.24) is 19.5 Å². The van der Waals surface area contributed by atoms with Crippen molar-refractivity contribution in [3.63, 3.8) is 0 Å². The Hall–Kier alpha value is -1.91. The van der Waals surface area contributed by atoms with Crippen molar-refractivity contribution in [3.05, 3.63) is 29.2 Å². The zero-order valence-corrected chi connectivity index (χ0v) is 18.4. The molecule has 1 amide bonds. The van der Waals surface area contributed by atoms with Crippen molar-refractivity contribution in [2.24, 2.45) is 11.8 Å². The van der Waals surface area contributed by atoms with Crippen LogP contribution in [0.5, 0.6) is 0 Å². The largest absolute Gasteiger partial charge is 0.337 e. The summed E-state index contributed by atoms with van der Waals surface area (Å²) in [6.07, 6.45) is 11.0. The molecule has 2 fully saturated rings. The summed E-state index contributed by atoms with van der Waals surface area (Å²) in [5.74, 6) is 2.01. The normalized spacial score (nSPS) is 23.5. The van der Waals surface area contributed by atoms with E-state index in [9.17, 15) is 4.79 Å². The van der Waals surface area contributed by atoms with E-state index in [-0.39, 0.29) is 5.91 Å². The van der Waals surface area contributed by atoms with Crippen LogP contribution >= 0.6 is 0 Å². The number of aromatic nitrogens is 3. The maximum Gasteiger partial charge on any atom is 0.274 e. The molecule has 3 heterocycles. The van der Waals surface area contributed by atoms with E-state index in [4.69, 9.17) is 10.1 Å². The Bertz CT molecular complexity index is 840. The quantitative estimate of drug-likeness (QED) is 0.710. The van der Waals surface area contributed by atoms with E-state index in [1.54, 1.807) is 0 Å². The molecule has 1 aliphatic heterocycles. The Balaban J connectivity index is 1.60. The zero-order chi connectivity index (χ0) is 20.4. The molecule has 0 atom stereocenters. The van der Waals surface area contributed by atoms with E-state index in [1.807, 2.05) is 15.5 Å². The highest BCUT2D eigenvalue weighted by atomic mass is 16.2. The summed E-state index contributed by atoms with van der Waals surface area (Å²) in [5, 5.41) is 4.70. The molecule has 2 aliphatic rings. The molecule has 0 radical (unpaired) electrons. The van der Waals surface area contributed by atoms with Gasteiger partial charge in [0.05, 0.1) is 0 Å². The number of nitrogens with zero attached hydrogens (tertiary/aromatic N) is 4. The molecule has 0 aromatic carbocycles. The van der Waals surface area contributed by atoms with E-state index >= 15 is 0 Å². The van der Waals surface area contributed by atoms with E-state index in [0.717, 1.165) is 61.2 Å². The molecule has 1 saturated heterocycles. The lowest BCUT2D eigenvalue weighted by Gasteiger charge is -2.26. The maximum absolute atomic E-state index is 13.1. The first-order chi connectivity index (χ1) is 14.0. The van der Waals surface area contributed by atoms with E-state index in [2.05, 4.69) is 26.8 Å². The Morgan fingerprint density at radius 1 is 1.07 bits per heavy atom. The highest BCUT2D eigenvalue weighted by molar-refractivity contribution is 5.93. The van der Waals surface area contributed by atoms with Crippen LogP contribution in [-0.4, -0.2) is 38.5 Å². The molecule has 4 rings (SSSR count). The molecule has 0 unspecified atom stereocenters. The second kappa shape index (κ2) is 8.85. The highest BCUT2D eigenvalue weighted by Crippen LogP contribution is 2.31. The second-order valence-electron chi connectivity index (χ2n) is 9.66. The first kappa shape index (κ1) is 20.4. The molecule has 5 heteroatoms. The Kier molecular flexibility index (Phi) is 6.21. The van der Waals surface area contributed by atoms with E-state index < -0.39 is 0 Å². The number of fused-ring (bicyclic) bond motifs is 1. The fraction of sp³-hybridized carbons (Fsp3) is 0.708. The van der Waals surface area contributed by atoms with Crippen molar-refractivity contribution < 1.29 is 4.79 Å². The minimum absolute atomic E-state index is 0.0647. The van der Waals surface area contributed by atoms with Gasteiger partial charge in [0.2, 0.25) is 0 Å². The van der Waals surface area contributed by atoms with Gasteiger partial charge in [0.1, 0.15) is 0 Å². The fourth-order valence-electron chi connectivity index (χ4n) is 4.94. The van der Waals surface area contributed by atoms with Gasteiger partial charge in [-0.1, -0.05) is 46.5 Å². The van der Waals surface area contributed by atoms with Crippen LogP contribution in [-0.2, 0) is 6.42 Å². The van der Waals surface area contributed by atoms with Gasteiger partial charge in [0.15, 0.2) is 11.3 Å². The number of hydrogen-bond acceptors (Lipinski definition) is 3. The minimum Gasteiger partial charge on any atom is -0.337 e. The van der Waals surface area contributed by atoms with Crippen LogP contribution in [0.1, 0.15) is 99.9 Å². The Labute approximate surface area is 174 Å². The molecule has 2 aromatic heterocycles. The molecule has 1 aliphatic carbocycles. The number of amides is 1. The highest BCUT2D eigenvalue weighted by Gasteiger charge is 2.23. The van der Waals surface area contributed by atoms with Crippen LogP contribution < -0.4 is 0 Å². The Morgan fingerprint density at radius 3 is 2.41 bits per heavy atom. The van der Waals surface area contributed by atoms with Gasteiger partial charge in [0, 0.05) is 30.5 Å². The first-order valence-electron chi connectivity index (χ1n) is 11.7. The SMILES string of the molecule is CC1CCC(Cc2cc(C(C)C)n3nc(C(=O)N4CCCCCC4)cc3n2)CC1. The standard InChI is InChI=1S/C24H36N4O/c1-17(2)22-15-20(14-19-10-8-18(3)9-11-19)25-23-16-21(26-28(22)23)24(29)27-12-6-4-5-7-13-27/h15-19H,4-14H2,1-3H3. The fourth-order valence-corrected chi connectivity index (χ4v) is 4.94. The number of hydrogen-bond donors (Lipinski definition) is 0. The molecule has 5 nitrogen and oxygen atoms in total. The number of likely N-dealkylation sites (tertiary alicyclic amines) is 1. The van der Waals surface area contributed by atoms with E-state index in [0.29, 0.717) is 11.6 Å². The molecular weight excluding hydrogens is 360 g/mol. The van der Waals surface area contributed by atoms with Gasteiger partial charge < -0.3 is 4.90 Å². The van der Waals surface area contributed by atoms with Gasteiger partial charge in [-0.2, -0.15) is 5.10 Å². The number of carbonyl (C=O) groups is 1. The van der Waals surface area contributed by atoms with E-state index in [1.165, 1.54) is 38.5 Å². The van der Waals surface area contributed by atoms with Crippen LogP contribution in [0.2, 0.25) is 0 Å². The maximum atomic E-state index is 13.1. The summed E-state index contributed by atoms with van der Waals surface area (Å²) < 4.78 is 1.90. The summed E-state index contributed by atoms with van der Waals surface area (Å²) in [6, 6.07) is 4.13. The first-order valence-corrected chi connectivity index (χ1v) is 11.7. The van der Waals surface area contributed by atoms with Crippen molar-refractivity contribution in [2.75, 3.05) is 13.1 Å². The third-order valence-electron chi connectivity index (χ3n) is 6.84. The summed E-state index contributed by atoms with van der Waals surface area (Å²) in [6.45, 7) is 8.45. The molecule has 0 spiro atoms. The summed E-state index contributed by atoms with van der Waals surface area (Å²) in [4.78, 5) is 20.0. The monoisotopic (exact) mass is 396 g/mol. The third-order valence-corrected chi connectivity index (χ3v) is 6.84. The lowest BCUT2D eigenvalue weighted by molar-refractivity contribution is 0.0755. The molecule has 0 N–H and O–H groups in total. The van der Waals surface area contributed by atoms with Crippen LogP contribution in [0, 0.1) is 11.8 Å². The predicted octanol–water partition coefficient (Wildman–Crippen LogP) is 5.24. The van der Waals surface area contributed by atoms with Gasteiger partial charge in [-0.05, 0) is 55.9 Å². The third kappa shape index (κ3) is 4.65. The topological polar surface area (TPSA) is 50.5 Å². The van der Waals surface area contributed by atoms with Crippen molar-refractivity contribution >= 4 is 11.6 Å². The van der Waals surface area contributed by atoms with Crippen molar-refractivity contribution in [3.8, 4) is 0 Å². The van der Waals surface area contributed by atoms with Crippen LogP contribution in [0.25, 0.3) is 5.65 Å². The summed E-state index contributed by atoms with van der Waals surface area (Å²) >= 11 is 0. The van der Waals surface area contributed by atoms with Crippen molar-refractivity contribution in [1.29, 1.82) is 0 Å². The molecule has 29 heavy (non-hydrogen) atoms. The molecule has 2 aromatic rings. The lowest BCUT2D eigenvalue weighted by Crippen LogP contribution is -2.32. The summed E-state index contributed by atoms with van der Waals surface area (Å²) in [7, 11) is 0. The predicted molar refractivity (Wildman–Crippen MR) is 116 cm³/mol.